The van der Waals surface area contributed by atoms with Crippen LogP contribution in [0.2, 0.25) is 0 Å². The van der Waals surface area contributed by atoms with Gasteiger partial charge in [0.25, 0.3) is 0 Å². The van der Waals surface area contributed by atoms with Crippen molar-refractivity contribution in [1.29, 1.82) is 0 Å². The van der Waals surface area contributed by atoms with E-state index in [0.29, 0.717) is 12.6 Å². The lowest BCUT2D eigenvalue weighted by Crippen LogP contribution is -2.41. The zero-order valence-corrected chi connectivity index (χ0v) is 11.7. The molecule has 0 bridgehead atoms. The highest BCUT2D eigenvalue weighted by Gasteiger charge is 2.14. The maximum Gasteiger partial charge on any atom is 0.234 e. The number of carbonyl (C=O) groups is 1. The van der Waals surface area contributed by atoms with E-state index in [1.807, 2.05) is 0 Å². The van der Waals surface area contributed by atoms with Gasteiger partial charge in [-0.1, -0.05) is 49.1 Å². The number of nitrogens with one attached hydrogen (secondary N) is 2. The molecule has 0 spiro atoms. The Morgan fingerprint density at radius 2 is 2.05 bits per heavy atom. The lowest BCUT2D eigenvalue weighted by atomic mass is 9.95. The summed E-state index contributed by atoms with van der Waals surface area (Å²) in [5.74, 6) is 0.125. The van der Waals surface area contributed by atoms with Gasteiger partial charge in [0.05, 0.1) is 6.54 Å². The number of benzene rings is 1. The lowest BCUT2D eigenvalue weighted by Gasteiger charge is -2.22. The Morgan fingerprint density at radius 3 is 2.79 bits per heavy atom. The van der Waals surface area contributed by atoms with E-state index in [2.05, 4.69) is 41.8 Å². The lowest BCUT2D eigenvalue weighted by molar-refractivity contribution is -0.121. The van der Waals surface area contributed by atoms with E-state index >= 15 is 0 Å². The Hall–Kier alpha value is -1.35. The smallest absolute Gasteiger partial charge is 0.234 e. The van der Waals surface area contributed by atoms with Crippen LogP contribution in [0.25, 0.3) is 0 Å². The molecule has 1 aromatic carbocycles. The molecule has 1 saturated carbocycles. The Balaban J connectivity index is 1.66. The summed E-state index contributed by atoms with van der Waals surface area (Å²) in [6.45, 7) is 3.24. The predicted octanol–water partition coefficient (Wildman–Crippen LogP) is 2.53. The first-order valence-corrected chi connectivity index (χ1v) is 7.29. The van der Waals surface area contributed by atoms with Gasteiger partial charge >= 0.3 is 0 Å². The van der Waals surface area contributed by atoms with Gasteiger partial charge < -0.3 is 10.6 Å². The van der Waals surface area contributed by atoms with E-state index in [1.54, 1.807) is 0 Å². The molecule has 0 heterocycles. The minimum Gasteiger partial charge on any atom is -0.352 e. The Labute approximate surface area is 115 Å². The van der Waals surface area contributed by atoms with Crippen molar-refractivity contribution < 1.29 is 4.79 Å². The first kappa shape index (κ1) is 14.1. The molecule has 0 aliphatic heterocycles. The zero-order valence-electron chi connectivity index (χ0n) is 11.7. The summed E-state index contributed by atoms with van der Waals surface area (Å²) in [4.78, 5) is 11.8. The van der Waals surface area contributed by atoms with Gasteiger partial charge in [0.1, 0.15) is 0 Å². The van der Waals surface area contributed by atoms with Crippen LogP contribution in [0.5, 0.6) is 0 Å². The molecule has 1 aliphatic carbocycles. The topological polar surface area (TPSA) is 41.1 Å². The molecule has 0 aromatic heterocycles. The third kappa shape index (κ3) is 5.03. The molecule has 0 unspecified atom stereocenters. The molecule has 0 saturated heterocycles. The summed E-state index contributed by atoms with van der Waals surface area (Å²) in [6, 6.07) is 8.76. The highest BCUT2D eigenvalue weighted by molar-refractivity contribution is 5.78. The molecule has 1 amide bonds. The highest BCUT2D eigenvalue weighted by Crippen LogP contribution is 2.17. The van der Waals surface area contributed by atoms with Crippen molar-refractivity contribution >= 4 is 5.91 Å². The van der Waals surface area contributed by atoms with Gasteiger partial charge in [-0.2, -0.15) is 0 Å². The average molecular weight is 260 g/mol. The molecule has 19 heavy (non-hydrogen) atoms. The van der Waals surface area contributed by atoms with Gasteiger partial charge in [0, 0.05) is 12.6 Å². The van der Waals surface area contributed by atoms with Crippen molar-refractivity contribution in [3.8, 4) is 0 Å². The van der Waals surface area contributed by atoms with Crippen molar-refractivity contribution in [1.82, 2.24) is 10.6 Å². The minimum atomic E-state index is 0.125. The normalized spacial score (nSPS) is 16.3. The van der Waals surface area contributed by atoms with Crippen LogP contribution in [0.4, 0.5) is 0 Å². The second-order valence-electron chi connectivity index (χ2n) is 5.50. The second-order valence-corrected chi connectivity index (χ2v) is 5.50. The maximum absolute atomic E-state index is 11.8. The fourth-order valence-electron chi connectivity index (χ4n) is 2.67. The summed E-state index contributed by atoms with van der Waals surface area (Å²) < 4.78 is 0. The molecule has 3 nitrogen and oxygen atoms in total. The van der Waals surface area contributed by atoms with E-state index in [9.17, 15) is 4.79 Å². The largest absolute Gasteiger partial charge is 0.352 e. The SMILES string of the molecule is Cc1cccc(CNCC(=O)NC2CCCCC2)c1. The predicted molar refractivity (Wildman–Crippen MR) is 77.9 cm³/mol. The van der Waals surface area contributed by atoms with E-state index in [4.69, 9.17) is 0 Å². The molecule has 1 aliphatic rings. The summed E-state index contributed by atoms with van der Waals surface area (Å²) in [5, 5.41) is 6.32. The Kier molecular flexibility index (Phi) is 5.40. The zero-order chi connectivity index (χ0) is 13.5. The standard InChI is InChI=1S/C16H24N2O/c1-13-6-5-7-14(10-13)11-17-12-16(19)18-15-8-3-2-4-9-15/h5-7,10,15,17H,2-4,8-9,11-12H2,1H3,(H,18,19). The number of hydrogen-bond donors (Lipinski definition) is 2. The van der Waals surface area contributed by atoms with Crippen molar-refractivity contribution in [2.75, 3.05) is 6.54 Å². The van der Waals surface area contributed by atoms with Crippen LogP contribution in [0.1, 0.15) is 43.2 Å². The van der Waals surface area contributed by atoms with Gasteiger partial charge in [-0.3, -0.25) is 4.79 Å². The third-order valence-electron chi connectivity index (χ3n) is 3.67. The highest BCUT2D eigenvalue weighted by atomic mass is 16.1. The molecule has 104 valence electrons. The first-order valence-electron chi connectivity index (χ1n) is 7.29. The molecule has 0 atom stereocenters. The molecule has 1 fully saturated rings. The van der Waals surface area contributed by atoms with Gasteiger partial charge in [-0.05, 0) is 25.3 Å². The number of carbonyl (C=O) groups excluding carboxylic acids is 1. The van der Waals surface area contributed by atoms with Gasteiger partial charge in [-0.15, -0.1) is 0 Å². The van der Waals surface area contributed by atoms with E-state index in [1.165, 1.54) is 30.4 Å². The van der Waals surface area contributed by atoms with Crippen LogP contribution >= 0.6 is 0 Å². The first-order chi connectivity index (χ1) is 9.24. The van der Waals surface area contributed by atoms with E-state index < -0.39 is 0 Å². The fraction of sp³-hybridized carbons (Fsp3) is 0.562. The Morgan fingerprint density at radius 1 is 1.26 bits per heavy atom. The molecule has 1 aromatic rings. The molecule has 3 heteroatoms. The van der Waals surface area contributed by atoms with Crippen LogP contribution in [0.3, 0.4) is 0 Å². The van der Waals surface area contributed by atoms with Gasteiger partial charge in [0.2, 0.25) is 5.91 Å². The van der Waals surface area contributed by atoms with E-state index in [-0.39, 0.29) is 5.91 Å². The Bertz CT molecular complexity index is 411. The van der Waals surface area contributed by atoms with Crippen LogP contribution < -0.4 is 10.6 Å². The van der Waals surface area contributed by atoms with Crippen molar-refractivity contribution in [2.45, 2.75) is 51.6 Å². The van der Waals surface area contributed by atoms with Crippen molar-refractivity contribution in [2.24, 2.45) is 0 Å². The summed E-state index contributed by atoms with van der Waals surface area (Å²) >= 11 is 0. The number of hydrogen-bond acceptors (Lipinski definition) is 2. The van der Waals surface area contributed by atoms with Crippen LogP contribution in [0, 0.1) is 6.92 Å². The fourth-order valence-corrected chi connectivity index (χ4v) is 2.67. The maximum atomic E-state index is 11.8. The molecule has 0 radical (unpaired) electrons. The molecular weight excluding hydrogens is 236 g/mol. The molecule has 2 rings (SSSR count). The summed E-state index contributed by atoms with van der Waals surface area (Å²) in [7, 11) is 0. The summed E-state index contributed by atoms with van der Waals surface area (Å²) in [5.41, 5.74) is 2.48. The number of rotatable bonds is 5. The van der Waals surface area contributed by atoms with E-state index in [0.717, 1.165) is 19.4 Å². The van der Waals surface area contributed by atoms with Crippen molar-refractivity contribution in [3.05, 3.63) is 35.4 Å². The number of amides is 1. The quantitative estimate of drug-likeness (QED) is 0.854. The van der Waals surface area contributed by atoms with Crippen LogP contribution in [-0.4, -0.2) is 18.5 Å². The summed E-state index contributed by atoms with van der Waals surface area (Å²) in [6.07, 6.45) is 6.11. The van der Waals surface area contributed by atoms with Gasteiger partial charge in [0.15, 0.2) is 0 Å². The second kappa shape index (κ2) is 7.29. The number of aryl methyl sites for hydroxylation is 1. The third-order valence-corrected chi connectivity index (χ3v) is 3.67. The molecular formula is C16H24N2O. The van der Waals surface area contributed by atoms with Gasteiger partial charge in [-0.25, -0.2) is 0 Å². The van der Waals surface area contributed by atoms with Crippen molar-refractivity contribution in [3.63, 3.8) is 0 Å². The van der Waals surface area contributed by atoms with Crippen LogP contribution in [-0.2, 0) is 11.3 Å². The minimum absolute atomic E-state index is 0.125. The molecule has 2 N–H and O–H groups in total. The monoisotopic (exact) mass is 260 g/mol. The van der Waals surface area contributed by atoms with Crippen LogP contribution in [0.15, 0.2) is 24.3 Å². The average Bonchev–Trinajstić information content (AvgIpc) is 2.40.